The largest absolute Gasteiger partial charge is 0.379 e. The lowest BCUT2D eigenvalue weighted by molar-refractivity contribution is -0.114. The Bertz CT molecular complexity index is 735. The van der Waals surface area contributed by atoms with E-state index in [1.165, 1.54) is 18.7 Å². The molecule has 0 unspecified atom stereocenters. The Balaban J connectivity index is 1.60. The molecule has 1 aromatic carbocycles. The minimum atomic E-state index is -0.359. The third kappa shape index (κ3) is 4.65. The van der Waals surface area contributed by atoms with Gasteiger partial charge in [-0.25, -0.2) is 0 Å². The van der Waals surface area contributed by atoms with Gasteiger partial charge in [-0.2, -0.15) is 5.10 Å². The minimum absolute atomic E-state index is 0.215. The number of hydrogen-bond acceptors (Lipinski definition) is 5. The van der Waals surface area contributed by atoms with E-state index in [1.54, 1.807) is 0 Å². The second-order valence-corrected chi connectivity index (χ2v) is 5.88. The highest BCUT2D eigenvalue weighted by Crippen LogP contribution is 2.16. The van der Waals surface area contributed by atoms with Crippen molar-refractivity contribution in [3.8, 4) is 0 Å². The molecule has 2 heterocycles. The van der Waals surface area contributed by atoms with Crippen molar-refractivity contribution in [2.24, 2.45) is 0 Å². The van der Waals surface area contributed by atoms with Crippen LogP contribution in [0.2, 0.25) is 0 Å². The fourth-order valence-corrected chi connectivity index (χ4v) is 2.65. The summed E-state index contributed by atoms with van der Waals surface area (Å²) in [4.78, 5) is 25.8. The highest BCUT2D eigenvalue weighted by molar-refractivity contribution is 6.08. The highest BCUT2D eigenvalue weighted by Gasteiger charge is 2.15. The van der Waals surface area contributed by atoms with Crippen LogP contribution in [-0.2, 0) is 16.1 Å². The third-order valence-corrected chi connectivity index (χ3v) is 3.90. The monoisotopic (exact) mass is 343 g/mol. The number of nitrogens with zero attached hydrogens (tertiary/aromatic N) is 2. The van der Waals surface area contributed by atoms with Crippen molar-refractivity contribution in [3.05, 3.63) is 41.7 Å². The van der Waals surface area contributed by atoms with E-state index in [4.69, 9.17) is 4.74 Å². The Morgan fingerprint density at radius 2 is 1.92 bits per heavy atom. The molecule has 1 fully saturated rings. The number of amides is 2. The molecule has 0 radical (unpaired) electrons. The number of morpholine rings is 1. The highest BCUT2D eigenvalue weighted by atomic mass is 16.5. The molecule has 1 aliphatic rings. The average molecular weight is 343 g/mol. The molecule has 25 heavy (non-hydrogen) atoms. The first-order valence-corrected chi connectivity index (χ1v) is 8.13. The number of nitrogens with one attached hydrogen (secondary N) is 3. The van der Waals surface area contributed by atoms with Crippen LogP contribution in [0.4, 0.5) is 11.4 Å². The van der Waals surface area contributed by atoms with Gasteiger partial charge in [0.25, 0.3) is 5.91 Å². The summed E-state index contributed by atoms with van der Waals surface area (Å²) in [5, 5.41) is 11.8. The topological polar surface area (TPSA) is 99.3 Å². The average Bonchev–Trinajstić information content (AvgIpc) is 3.05. The van der Waals surface area contributed by atoms with Crippen LogP contribution >= 0.6 is 0 Å². The summed E-state index contributed by atoms with van der Waals surface area (Å²) in [6, 6.07) is 7.71. The second-order valence-electron chi connectivity index (χ2n) is 5.88. The van der Waals surface area contributed by atoms with E-state index in [0.717, 1.165) is 32.8 Å². The number of anilines is 2. The van der Waals surface area contributed by atoms with Crippen molar-refractivity contribution in [2.45, 2.75) is 13.5 Å². The zero-order valence-corrected chi connectivity index (χ0v) is 14.0. The van der Waals surface area contributed by atoms with Crippen molar-refractivity contribution in [1.29, 1.82) is 0 Å². The molecular formula is C17H21N5O3. The van der Waals surface area contributed by atoms with Crippen LogP contribution in [0.1, 0.15) is 23.0 Å². The first kappa shape index (κ1) is 17.1. The molecule has 8 heteroatoms. The van der Waals surface area contributed by atoms with Crippen LogP contribution in [0.5, 0.6) is 0 Å². The maximum Gasteiger partial charge on any atom is 0.275 e. The number of carbonyl (C=O) groups is 2. The first-order chi connectivity index (χ1) is 12.1. The molecule has 3 N–H and O–H groups in total. The normalized spacial score (nSPS) is 14.9. The van der Waals surface area contributed by atoms with Gasteiger partial charge in [-0.3, -0.25) is 19.6 Å². The zero-order chi connectivity index (χ0) is 17.6. The van der Waals surface area contributed by atoms with Gasteiger partial charge < -0.3 is 15.4 Å². The number of rotatable bonds is 5. The van der Waals surface area contributed by atoms with Gasteiger partial charge in [-0.1, -0.05) is 12.1 Å². The molecule has 0 saturated carbocycles. The summed E-state index contributed by atoms with van der Waals surface area (Å²) in [6.07, 6.45) is 1.40. The van der Waals surface area contributed by atoms with E-state index in [2.05, 4.69) is 25.7 Å². The molecule has 1 aliphatic heterocycles. The van der Waals surface area contributed by atoms with E-state index < -0.39 is 0 Å². The fourth-order valence-electron chi connectivity index (χ4n) is 2.65. The number of hydrogen-bond donors (Lipinski definition) is 3. The van der Waals surface area contributed by atoms with Crippen LogP contribution < -0.4 is 10.6 Å². The molecule has 0 spiro atoms. The zero-order valence-electron chi connectivity index (χ0n) is 14.0. The lowest BCUT2D eigenvalue weighted by Gasteiger charge is -2.26. The number of carbonyl (C=O) groups excluding carboxylic acids is 2. The molecule has 132 valence electrons. The van der Waals surface area contributed by atoms with Gasteiger partial charge >= 0.3 is 0 Å². The first-order valence-electron chi connectivity index (χ1n) is 8.13. The summed E-state index contributed by atoms with van der Waals surface area (Å²) in [5.74, 6) is -0.620. The van der Waals surface area contributed by atoms with E-state index in [1.807, 2.05) is 24.3 Å². The smallest absolute Gasteiger partial charge is 0.275 e. The third-order valence-electron chi connectivity index (χ3n) is 3.90. The van der Waals surface area contributed by atoms with Gasteiger partial charge in [-0.15, -0.1) is 0 Å². The molecular weight excluding hydrogens is 322 g/mol. The quantitative estimate of drug-likeness (QED) is 0.763. The lowest BCUT2D eigenvalue weighted by Crippen LogP contribution is -2.35. The van der Waals surface area contributed by atoms with Crippen molar-refractivity contribution in [3.63, 3.8) is 0 Å². The summed E-state index contributed by atoms with van der Waals surface area (Å²) in [7, 11) is 0. The van der Waals surface area contributed by atoms with Gasteiger partial charge in [0.2, 0.25) is 5.91 Å². The maximum atomic E-state index is 12.3. The standard InChI is InChI=1S/C17H21N5O3/c1-12(23)19-15-10-18-21-16(15)17(24)20-14-4-2-13(3-5-14)11-22-6-8-25-9-7-22/h2-5,10H,6-9,11H2,1H3,(H,18,21)(H,19,23)(H,20,24). The Hall–Kier alpha value is -2.71. The SMILES string of the molecule is CC(=O)Nc1cn[nH]c1C(=O)Nc1ccc(CN2CCOCC2)cc1. The molecule has 2 aromatic rings. The van der Waals surface area contributed by atoms with Crippen molar-refractivity contribution in [2.75, 3.05) is 36.9 Å². The Kier molecular flexibility index (Phi) is 5.42. The van der Waals surface area contributed by atoms with Gasteiger partial charge in [0.1, 0.15) is 5.69 Å². The van der Waals surface area contributed by atoms with Crippen molar-refractivity contribution < 1.29 is 14.3 Å². The van der Waals surface area contributed by atoms with Crippen molar-refractivity contribution >= 4 is 23.2 Å². The predicted octanol–water partition coefficient (Wildman–Crippen LogP) is 1.45. The van der Waals surface area contributed by atoms with Gasteiger partial charge in [0, 0.05) is 32.2 Å². The molecule has 1 aromatic heterocycles. The minimum Gasteiger partial charge on any atom is -0.379 e. The summed E-state index contributed by atoms with van der Waals surface area (Å²) in [5.41, 5.74) is 2.43. The van der Waals surface area contributed by atoms with E-state index >= 15 is 0 Å². The van der Waals surface area contributed by atoms with Crippen molar-refractivity contribution in [1.82, 2.24) is 15.1 Å². The molecule has 0 bridgehead atoms. The predicted molar refractivity (Wildman–Crippen MR) is 93.4 cm³/mol. The van der Waals surface area contributed by atoms with Gasteiger partial charge in [-0.05, 0) is 17.7 Å². The summed E-state index contributed by atoms with van der Waals surface area (Å²) < 4.78 is 5.35. The molecule has 0 aliphatic carbocycles. The van der Waals surface area contributed by atoms with Crippen LogP contribution in [0.15, 0.2) is 30.5 Å². The Labute approximate surface area is 145 Å². The van der Waals surface area contributed by atoms with E-state index in [-0.39, 0.29) is 17.5 Å². The number of aromatic amines is 1. The van der Waals surface area contributed by atoms with Crippen LogP contribution in [0.3, 0.4) is 0 Å². The molecule has 1 saturated heterocycles. The van der Waals surface area contributed by atoms with E-state index in [9.17, 15) is 9.59 Å². The molecule has 8 nitrogen and oxygen atoms in total. The number of H-pyrrole nitrogens is 1. The number of aromatic nitrogens is 2. The number of benzene rings is 1. The molecule has 3 rings (SSSR count). The van der Waals surface area contributed by atoms with Crippen LogP contribution in [0.25, 0.3) is 0 Å². The van der Waals surface area contributed by atoms with Crippen LogP contribution in [-0.4, -0.2) is 53.2 Å². The second kappa shape index (κ2) is 7.91. The Morgan fingerprint density at radius 1 is 1.20 bits per heavy atom. The Morgan fingerprint density at radius 3 is 2.60 bits per heavy atom. The lowest BCUT2D eigenvalue weighted by atomic mass is 10.2. The summed E-state index contributed by atoms with van der Waals surface area (Å²) in [6.45, 7) is 5.66. The fraction of sp³-hybridized carbons (Fsp3) is 0.353. The summed E-state index contributed by atoms with van der Waals surface area (Å²) >= 11 is 0. The molecule has 0 atom stereocenters. The van der Waals surface area contributed by atoms with Crippen LogP contribution in [0, 0.1) is 0 Å². The maximum absolute atomic E-state index is 12.3. The van der Waals surface area contributed by atoms with Gasteiger partial charge in [0.15, 0.2) is 0 Å². The molecule has 2 amide bonds. The number of ether oxygens (including phenoxy) is 1. The van der Waals surface area contributed by atoms with E-state index in [0.29, 0.717) is 11.4 Å². The van der Waals surface area contributed by atoms with Gasteiger partial charge in [0.05, 0.1) is 25.1 Å².